The quantitative estimate of drug-likeness (QED) is 0.320. The van der Waals surface area contributed by atoms with Crippen LogP contribution < -0.4 is 20.4 Å². The Morgan fingerprint density at radius 3 is 2.50 bits per heavy atom. The minimum absolute atomic E-state index is 0.0247. The lowest BCUT2D eigenvalue weighted by Gasteiger charge is -2.54. The summed E-state index contributed by atoms with van der Waals surface area (Å²) in [4.78, 5) is 64.8. The molecule has 6 aliphatic rings. The van der Waals surface area contributed by atoms with E-state index in [1.807, 2.05) is 23.1 Å². The maximum absolute atomic E-state index is 14.3. The third kappa shape index (κ3) is 6.85. The third-order valence-electron chi connectivity index (χ3n) is 13.2. The van der Waals surface area contributed by atoms with Crippen LogP contribution >= 0.6 is 11.6 Å². The van der Waals surface area contributed by atoms with Gasteiger partial charge < -0.3 is 34.9 Å². The second-order valence-electron chi connectivity index (χ2n) is 17.3. The monoisotopic (exact) mass is 810 g/mol. The highest BCUT2D eigenvalue weighted by Crippen LogP contribution is 2.41. The lowest BCUT2D eigenvalue weighted by molar-refractivity contribution is -0.136. The molecule has 9 rings (SSSR count). The molecule has 7 heterocycles. The third-order valence-corrected chi connectivity index (χ3v) is 13.5. The fourth-order valence-electron chi connectivity index (χ4n) is 10.2. The van der Waals surface area contributed by atoms with E-state index in [9.17, 15) is 24.3 Å². The minimum Gasteiger partial charge on any atom is -0.506 e. The second-order valence-corrected chi connectivity index (χ2v) is 17.7. The number of carbonyl (C=O) groups is 4. The molecule has 15 nitrogen and oxygen atoms in total. The number of nitrogens with one attached hydrogen (secondary N) is 2. The number of nitrogens with zero attached hydrogens (tertiary/aromatic N) is 8. The van der Waals surface area contributed by atoms with Gasteiger partial charge in [0.2, 0.25) is 11.8 Å². The van der Waals surface area contributed by atoms with E-state index in [4.69, 9.17) is 11.6 Å². The first kappa shape index (κ1) is 38.4. The van der Waals surface area contributed by atoms with E-state index in [1.165, 1.54) is 0 Å². The number of para-hydroxylation sites is 1. The number of anilines is 3. The summed E-state index contributed by atoms with van der Waals surface area (Å²) in [5.74, 6) is 0.388. The first-order chi connectivity index (χ1) is 27.9. The Hall–Kier alpha value is -5.15. The van der Waals surface area contributed by atoms with Crippen molar-refractivity contribution in [2.24, 2.45) is 5.92 Å². The molecule has 58 heavy (non-hydrogen) atoms. The smallest absolute Gasteiger partial charge is 0.320 e. The van der Waals surface area contributed by atoms with Crippen LogP contribution in [0, 0.1) is 5.92 Å². The highest BCUT2D eigenvalue weighted by Gasteiger charge is 2.46. The number of phenolic OH excluding ortho intramolecular Hbond substituents is 1. The van der Waals surface area contributed by atoms with Crippen molar-refractivity contribution in [3.63, 3.8) is 0 Å². The molecule has 4 atom stereocenters. The van der Waals surface area contributed by atoms with Gasteiger partial charge in [0, 0.05) is 101 Å². The Kier molecular flexibility index (Phi) is 9.86. The maximum Gasteiger partial charge on any atom is 0.320 e. The summed E-state index contributed by atoms with van der Waals surface area (Å²) in [6.45, 7) is 13.8. The van der Waals surface area contributed by atoms with Crippen LogP contribution in [0.2, 0.25) is 5.02 Å². The van der Waals surface area contributed by atoms with E-state index in [-0.39, 0.29) is 58.6 Å². The summed E-state index contributed by atoms with van der Waals surface area (Å²) < 4.78 is 0. The van der Waals surface area contributed by atoms with Crippen molar-refractivity contribution >= 4 is 52.5 Å². The Balaban J connectivity index is 0.783. The first-order valence-electron chi connectivity index (χ1n) is 20.6. The van der Waals surface area contributed by atoms with Crippen molar-refractivity contribution in [3.8, 4) is 17.0 Å². The zero-order valence-electron chi connectivity index (χ0n) is 33.3. The number of carbonyl (C=O) groups excluding carboxylic acids is 4. The summed E-state index contributed by atoms with van der Waals surface area (Å²) in [5.41, 5.74) is 4.18. The van der Waals surface area contributed by atoms with Gasteiger partial charge in [-0.1, -0.05) is 23.7 Å². The zero-order valence-corrected chi connectivity index (χ0v) is 34.0. The number of urea groups is 1. The lowest BCUT2D eigenvalue weighted by Crippen LogP contribution is -2.69. The van der Waals surface area contributed by atoms with Crippen molar-refractivity contribution in [2.75, 3.05) is 74.0 Å². The van der Waals surface area contributed by atoms with E-state index in [2.05, 4.69) is 67.3 Å². The molecule has 6 aliphatic heterocycles. The molecule has 5 amide bonds. The number of aromatic hydroxyl groups is 1. The Morgan fingerprint density at radius 2 is 1.74 bits per heavy atom. The molecule has 4 saturated heterocycles. The lowest BCUT2D eigenvalue weighted by atomic mass is 9.92. The molecule has 2 aromatic carbocycles. The molecule has 0 spiro atoms. The van der Waals surface area contributed by atoms with Gasteiger partial charge >= 0.3 is 6.03 Å². The first-order valence-corrected chi connectivity index (χ1v) is 20.9. The van der Waals surface area contributed by atoms with Crippen LogP contribution in [0.3, 0.4) is 0 Å². The number of amides is 5. The summed E-state index contributed by atoms with van der Waals surface area (Å²) in [6.07, 6.45) is 2.69. The number of benzene rings is 2. The van der Waals surface area contributed by atoms with Crippen LogP contribution in [0.5, 0.6) is 5.75 Å². The predicted octanol–water partition coefficient (Wildman–Crippen LogP) is 4.00. The van der Waals surface area contributed by atoms with E-state index in [1.54, 1.807) is 23.1 Å². The maximum atomic E-state index is 14.3. The average molecular weight is 811 g/mol. The number of hydrogen-bond acceptors (Lipinski definition) is 11. The normalized spacial score (nSPS) is 26.6. The minimum atomic E-state index is -0.612. The number of piperidine rings is 2. The Labute approximate surface area is 343 Å². The van der Waals surface area contributed by atoms with Gasteiger partial charge in [0.05, 0.1) is 21.9 Å². The van der Waals surface area contributed by atoms with Gasteiger partial charge in [-0.2, -0.15) is 0 Å². The summed E-state index contributed by atoms with van der Waals surface area (Å²) in [5, 5.41) is 25.5. The van der Waals surface area contributed by atoms with Gasteiger partial charge in [0.1, 0.15) is 11.8 Å². The fourth-order valence-corrected chi connectivity index (χ4v) is 10.4. The van der Waals surface area contributed by atoms with Crippen LogP contribution in [0.15, 0.2) is 42.5 Å². The van der Waals surface area contributed by atoms with Crippen LogP contribution in [0.1, 0.15) is 62.4 Å². The van der Waals surface area contributed by atoms with Crippen molar-refractivity contribution in [1.29, 1.82) is 0 Å². The molecule has 4 fully saturated rings. The number of fused-ring (bicyclic) bond motifs is 4. The molecule has 0 bridgehead atoms. The van der Waals surface area contributed by atoms with Crippen LogP contribution in [-0.2, 0) is 16.1 Å². The molecular formula is C42H51ClN10O5. The number of hydrogen-bond donors (Lipinski definition) is 3. The van der Waals surface area contributed by atoms with Gasteiger partial charge in [-0.15, -0.1) is 10.2 Å². The van der Waals surface area contributed by atoms with Crippen molar-refractivity contribution in [3.05, 3.63) is 58.6 Å². The molecule has 3 N–H and O–H groups in total. The van der Waals surface area contributed by atoms with Gasteiger partial charge in [0.25, 0.3) is 5.91 Å². The van der Waals surface area contributed by atoms with Crippen molar-refractivity contribution in [1.82, 2.24) is 35.1 Å². The summed E-state index contributed by atoms with van der Waals surface area (Å²) in [6, 6.07) is 12.8. The van der Waals surface area contributed by atoms with Gasteiger partial charge in [-0.25, -0.2) is 4.79 Å². The highest BCUT2D eigenvalue weighted by molar-refractivity contribution is 6.32. The summed E-state index contributed by atoms with van der Waals surface area (Å²) in [7, 11) is 0. The van der Waals surface area contributed by atoms with E-state index in [0.29, 0.717) is 67.7 Å². The molecule has 0 unspecified atom stereocenters. The molecule has 0 radical (unpaired) electrons. The topological polar surface area (TPSA) is 158 Å². The number of rotatable bonds is 5. The van der Waals surface area contributed by atoms with Crippen LogP contribution in [0.4, 0.5) is 22.0 Å². The molecule has 306 valence electrons. The Bertz CT molecular complexity index is 2150. The standard InChI is InChI=1S/C42H51ClN10O5/c1-25-19-48(21-27-11-13-49(14-12-27)29-8-7-28-22-51(40(57)31(28)17-29)34-9-10-36(54)45-39(34)56)20-26(2)53(25)41(58)50-15-16-52-35-18-33(30-5-4-6-32(43)37(30)55)46-47-38(35)44-23-42(52,3)24-50/h4-8,17-18,25-27,34,55H,9-16,19-24H2,1-3H3,(H,44,47)(H,45,54,56)/t25-,26-,34+,42+/m1/s1. The number of halogens is 1. The molecule has 0 aliphatic carbocycles. The van der Waals surface area contributed by atoms with Crippen molar-refractivity contribution in [2.45, 2.75) is 76.7 Å². The highest BCUT2D eigenvalue weighted by atomic mass is 35.5. The van der Waals surface area contributed by atoms with Crippen LogP contribution in [-0.4, -0.2) is 141 Å². The Morgan fingerprint density at radius 1 is 0.966 bits per heavy atom. The predicted molar refractivity (Wildman–Crippen MR) is 220 cm³/mol. The van der Waals surface area contributed by atoms with E-state index < -0.39 is 6.04 Å². The molecule has 16 heteroatoms. The van der Waals surface area contributed by atoms with Crippen molar-refractivity contribution < 1.29 is 24.3 Å². The van der Waals surface area contributed by atoms with E-state index in [0.717, 1.165) is 62.5 Å². The number of aromatic nitrogens is 2. The second kappa shape index (κ2) is 14.9. The fraction of sp³-hybridized carbons (Fsp3) is 0.524. The number of piperazine rings is 2. The zero-order chi connectivity index (χ0) is 40.5. The average Bonchev–Trinajstić information content (AvgIpc) is 3.53. The summed E-state index contributed by atoms with van der Waals surface area (Å²) >= 11 is 6.20. The van der Waals surface area contributed by atoms with Crippen LogP contribution in [0.25, 0.3) is 11.3 Å². The number of imide groups is 1. The van der Waals surface area contributed by atoms with Gasteiger partial charge in [-0.3, -0.25) is 24.6 Å². The van der Waals surface area contributed by atoms with E-state index >= 15 is 0 Å². The molecule has 0 saturated carbocycles. The largest absolute Gasteiger partial charge is 0.506 e. The number of phenols is 1. The van der Waals surface area contributed by atoms with Gasteiger partial charge in [-0.05, 0) is 81.8 Å². The molecule has 3 aromatic rings. The molecule has 1 aromatic heterocycles. The SMILES string of the molecule is C[C@@H]1CN(CC2CCN(c3ccc4c(c3)C(=O)N([C@H]3CCC(=O)NC3=O)C4)CC2)C[C@@H](C)N1C(=O)N1CCN2c3cc(-c4cccc(Cl)c4O)nnc3NC[C@@]2(C)C1. The molecular weight excluding hydrogens is 760 g/mol. The van der Waals surface area contributed by atoms with Gasteiger partial charge in [0.15, 0.2) is 5.82 Å².